The number of rotatable bonds is 5. The first-order valence-corrected chi connectivity index (χ1v) is 8.00. The monoisotopic (exact) mass is 305 g/mol. The molecule has 0 spiro atoms. The normalized spacial score (nSPS) is 22.0. The van der Waals surface area contributed by atoms with E-state index in [1.807, 2.05) is 24.3 Å². The Kier molecular flexibility index (Phi) is 4.24. The molecule has 0 amide bonds. The molecule has 2 atom stereocenters. The van der Waals surface area contributed by atoms with E-state index in [2.05, 4.69) is 5.32 Å². The molecule has 1 saturated carbocycles. The zero-order chi connectivity index (χ0) is 14.8. The minimum Gasteiger partial charge on any atom is -0.477 e. The van der Waals surface area contributed by atoms with E-state index in [9.17, 15) is 9.90 Å². The van der Waals surface area contributed by atoms with Crippen molar-refractivity contribution in [3.8, 4) is 0 Å². The summed E-state index contributed by atoms with van der Waals surface area (Å²) >= 11 is 1.36. The van der Waals surface area contributed by atoms with Crippen LogP contribution in [0.4, 0.5) is 0 Å². The Balaban J connectivity index is 1.79. The second-order valence-electron chi connectivity index (χ2n) is 5.46. The number of fused-ring (bicyclic) bond motifs is 1. The molecule has 0 radical (unpaired) electrons. The molecule has 4 nitrogen and oxygen atoms in total. The lowest BCUT2D eigenvalue weighted by atomic mass is 10.1. The molecule has 2 unspecified atom stereocenters. The minimum absolute atomic E-state index is 0.334. The van der Waals surface area contributed by atoms with E-state index < -0.39 is 5.97 Å². The molecule has 1 aliphatic rings. The van der Waals surface area contributed by atoms with Gasteiger partial charge >= 0.3 is 5.97 Å². The second-order valence-corrected chi connectivity index (χ2v) is 6.51. The van der Waals surface area contributed by atoms with Crippen LogP contribution < -0.4 is 5.32 Å². The molecule has 1 aromatic carbocycles. The van der Waals surface area contributed by atoms with E-state index in [4.69, 9.17) is 4.74 Å². The molecular weight excluding hydrogens is 286 g/mol. The van der Waals surface area contributed by atoms with E-state index in [-0.39, 0.29) is 0 Å². The fourth-order valence-corrected chi connectivity index (χ4v) is 4.09. The Labute approximate surface area is 127 Å². The number of methoxy groups -OCH3 is 1. The summed E-state index contributed by atoms with van der Waals surface area (Å²) in [6.07, 6.45) is 3.49. The molecule has 2 N–H and O–H groups in total. The van der Waals surface area contributed by atoms with Crippen molar-refractivity contribution < 1.29 is 14.6 Å². The number of thiophene rings is 1. The molecule has 0 aliphatic heterocycles. The van der Waals surface area contributed by atoms with Crippen LogP contribution in [0.3, 0.4) is 0 Å². The summed E-state index contributed by atoms with van der Waals surface area (Å²) in [6.45, 7) is 0.604. The predicted octanol–water partition coefficient (Wildman–Crippen LogP) is 3.26. The van der Waals surface area contributed by atoms with Gasteiger partial charge in [-0.05, 0) is 36.3 Å². The summed E-state index contributed by atoms with van der Waals surface area (Å²) in [5, 5.41) is 14.0. The maximum absolute atomic E-state index is 11.4. The molecule has 1 aliphatic carbocycles. The van der Waals surface area contributed by atoms with Crippen molar-refractivity contribution in [2.75, 3.05) is 7.11 Å². The van der Waals surface area contributed by atoms with Crippen LogP contribution >= 0.6 is 11.3 Å². The van der Waals surface area contributed by atoms with Crippen molar-refractivity contribution in [2.45, 2.75) is 38.0 Å². The topological polar surface area (TPSA) is 58.6 Å². The molecule has 0 saturated heterocycles. The van der Waals surface area contributed by atoms with Gasteiger partial charge in [0.2, 0.25) is 0 Å². The first kappa shape index (κ1) is 14.5. The maximum Gasteiger partial charge on any atom is 0.346 e. The van der Waals surface area contributed by atoms with Crippen molar-refractivity contribution in [2.24, 2.45) is 0 Å². The van der Waals surface area contributed by atoms with Gasteiger partial charge in [-0.1, -0.05) is 18.2 Å². The second kappa shape index (κ2) is 6.13. The van der Waals surface area contributed by atoms with Crippen molar-refractivity contribution in [3.05, 3.63) is 34.7 Å². The smallest absolute Gasteiger partial charge is 0.346 e. The van der Waals surface area contributed by atoms with E-state index in [0.717, 1.165) is 34.9 Å². The van der Waals surface area contributed by atoms with Gasteiger partial charge in [-0.15, -0.1) is 11.3 Å². The number of carboxylic acids is 1. The Hall–Kier alpha value is -1.43. The summed E-state index contributed by atoms with van der Waals surface area (Å²) in [6, 6.07) is 8.30. The number of nitrogens with one attached hydrogen (secondary N) is 1. The zero-order valence-electron chi connectivity index (χ0n) is 12.0. The fraction of sp³-hybridized carbons (Fsp3) is 0.438. The quantitative estimate of drug-likeness (QED) is 0.890. The van der Waals surface area contributed by atoms with Crippen LogP contribution in [0.25, 0.3) is 10.1 Å². The van der Waals surface area contributed by atoms with Crippen LogP contribution in [-0.4, -0.2) is 30.3 Å². The van der Waals surface area contributed by atoms with Gasteiger partial charge in [0, 0.05) is 24.4 Å². The summed E-state index contributed by atoms with van der Waals surface area (Å²) in [5.41, 5.74) is 0.906. The Morgan fingerprint density at radius 2 is 2.24 bits per heavy atom. The molecule has 112 valence electrons. The summed E-state index contributed by atoms with van der Waals surface area (Å²) in [4.78, 5) is 11.9. The van der Waals surface area contributed by atoms with Gasteiger partial charge in [-0.25, -0.2) is 4.79 Å². The van der Waals surface area contributed by atoms with Crippen LogP contribution in [-0.2, 0) is 11.3 Å². The number of aromatic carboxylic acids is 1. The van der Waals surface area contributed by atoms with Gasteiger partial charge in [0.05, 0.1) is 6.10 Å². The highest BCUT2D eigenvalue weighted by Gasteiger charge is 2.25. The van der Waals surface area contributed by atoms with Crippen LogP contribution in [0.5, 0.6) is 0 Å². The van der Waals surface area contributed by atoms with Crippen LogP contribution in [0.1, 0.15) is 34.5 Å². The van der Waals surface area contributed by atoms with Crippen molar-refractivity contribution in [1.82, 2.24) is 5.32 Å². The molecule has 1 fully saturated rings. The number of carboxylic acid groups (broad SMARTS) is 1. The first-order valence-electron chi connectivity index (χ1n) is 7.19. The van der Waals surface area contributed by atoms with Gasteiger partial charge in [0.1, 0.15) is 4.88 Å². The highest BCUT2D eigenvalue weighted by Crippen LogP contribution is 2.32. The molecule has 21 heavy (non-hydrogen) atoms. The fourth-order valence-electron chi connectivity index (χ4n) is 3.03. The third-order valence-corrected chi connectivity index (χ3v) is 5.38. The number of carbonyl (C=O) groups is 1. The number of benzene rings is 1. The van der Waals surface area contributed by atoms with Gasteiger partial charge < -0.3 is 15.2 Å². The summed E-state index contributed by atoms with van der Waals surface area (Å²) in [7, 11) is 1.75. The molecule has 5 heteroatoms. The highest BCUT2D eigenvalue weighted by atomic mass is 32.1. The van der Waals surface area contributed by atoms with Gasteiger partial charge in [0.25, 0.3) is 0 Å². The van der Waals surface area contributed by atoms with E-state index in [1.165, 1.54) is 11.3 Å². The summed E-state index contributed by atoms with van der Waals surface area (Å²) in [5.74, 6) is -0.839. The summed E-state index contributed by atoms with van der Waals surface area (Å²) < 4.78 is 6.41. The highest BCUT2D eigenvalue weighted by molar-refractivity contribution is 7.21. The number of hydrogen-bond acceptors (Lipinski definition) is 4. The Bertz CT molecular complexity index is 652. The van der Waals surface area contributed by atoms with E-state index in [0.29, 0.717) is 23.6 Å². The molecule has 0 bridgehead atoms. The predicted molar refractivity (Wildman–Crippen MR) is 84.1 cm³/mol. The Morgan fingerprint density at radius 1 is 1.43 bits per heavy atom. The lowest BCUT2D eigenvalue weighted by Gasteiger charge is -2.13. The third kappa shape index (κ3) is 2.95. The van der Waals surface area contributed by atoms with Crippen LogP contribution in [0, 0.1) is 0 Å². The van der Waals surface area contributed by atoms with E-state index >= 15 is 0 Å². The zero-order valence-corrected chi connectivity index (χ0v) is 12.8. The van der Waals surface area contributed by atoms with Crippen molar-refractivity contribution in [1.29, 1.82) is 0 Å². The van der Waals surface area contributed by atoms with Gasteiger partial charge in [-0.2, -0.15) is 0 Å². The lowest BCUT2D eigenvalue weighted by Crippen LogP contribution is -2.27. The van der Waals surface area contributed by atoms with Gasteiger partial charge in [0.15, 0.2) is 0 Å². The Morgan fingerprint density at radius 3 is 2.95 bits per heavy atom. The van der Waals surface area contributed by atoms with Crippen LogP contribution in [0.15, 0.2) is 24.3 Å². The number of hydrogen-bond donors (Lipinski definition) is 2. The average molecular weight is 305 g/mol. The number of ether oxygens (including phenoxy) is 1. The lowest BCUT2D eigenvalue weighted by molar-refractivity contribution is 0.0701. The van der Waals surface area contributed by atoms with E-state index in [1.54, 1.807) is 7.11 Å². The van der Waals surface area contributed by atoms with Crippen molar-refractivity contribution >= 4 is 27.4 Å². The largest absolute Gasteiger partial charge is 0.477 e. The molecular formula is C16H19NO3S. The SMILES string of the molecule is COC1CCC(NCc2c(C(=O)O)sc3ccccc23)C1. The van der Waals surface area contributed by atoms with Crippen LogP contribution in [0.2, 0.25) is 0 Å². The maximum atomic E-state index is 11.4. The van der Waals surface area contributed by atoms with Crippen molar-refractivity contribution in [3.63, 3.8) is 0 Å². The minimum atomic E-state index is -0.839. The third-order valence-electron chi connectivity index (χ3n) is 4.18. The molecule has 1 aromatic heterocycles. The first-order chi connectivity index (χ1) is 10.2. The van der Waals surface area contributed by atoms with Gasteiger partial charge in [-0.3, -0.25) is 0 Å². The standard InChI is InChI=1S/C16H19NO3S/c1-20-11-7-6-10(8-11)17-9-13-12-4-2-3-5-14(12)21-15(13)16(18)19/h2-5,10-11,17H,6-9H2,1H3,(H,18,19). The molecule has 1 heterocycles. The average Bonchev–Trinajstić information content (AvgIpc) is 3.09. The molecule has 3 rings (SSSR count). The molecule has 2 aromatic rings.